The van der Waals surface area contributed by atoms with Crippen molar-refractivity contribution in [2.24, 2.45) is 0 Å². The van der Waals surface area contributed by atoms with Crippen LogP contribution in [-0.2, 0) is 6.54 Å². The number of carbonyl (C=O) groups is 1. The largest absolute Gasteiger partial charge is 0.542 e. The van der Waals surface area contributed by atoms with Crippen molar-refractivity contribution in [3.8, 4) is 0 Å². The quantitative estimate of drug-likeness (QED) is 0.537. The van der Waals surface area contributed by atoms with Gasteiger partial charge >= 0.3 is 0 Å². The standard InChI is InChI=1S/C6H7NO3/c7-3-4-1-2-10-5(4)6(8)9/h1-2H,3,7H2,(H,8,9). The fraction of sp³-hybridized carbons (Fsp3) is 0.167. The molecule has 1 heterocycles. The molecule has 0 radical (unpaired) electrons. The van der Waals surface area contributed by atoms with Crippen molar-refractivity contribution < 1.29 is 20.1 Å². The zero-order valence-electron chi connectivity index (χ0n) is 5.29. The predicted octanol–water partition coefficient (Wildman–Crippen LogP) is -1.62. The van der Waals surface area contributed by atoms with Gasteiger partial charge in [-0.25, -0.2) is 0 Å². The molecule has 0 bridgehead atoms. The SMILES string of the molecule is [NH3+]Cc1ccoc1C(=O)[O-]. The van der Waals surface area contributed by atoms with Crippen LogP contribution in [0.2, 0.25) is 0 Å². The van der Waals surface area contributed by atoms with Crippen LogP contribution in [0.1, 0.15) is 16.1 Å². The highest BCUT2D eigenvalue weighted by atomic mass is 16.4. The van der Waals surface area contributed by atoms with Crippen molar-refractivity contribution >= 4 is 5.97 Å². The van der Waals surface area contributed by atoms with Gasteiger partial charge in [0.2, 0.25) is 0 Å². The van der Waals surface area contributed by atoms with Crippen LogP contribution < -0.4 is 10.8 Å². The summed E-state index contributed by atoms with van der Waals surface area (Å²) in [6, 6.07) is 1.57. The highest BCUT2D eigenvalue weighted by Gasteiger charge is 2.05. The van der Waals surface area contributed by atoms with Crippen molar-refractivity contribution in [2.75, 3.05) is 0 Å². The van der Waals surface area contributed by atoms with E-state index in [1.54, 1.807) is 6.07 Å². The molecular formula is C6H7NO3. The lowest BCUT2D eigenvalue weighted by Crippen LogP contribution is -2.48. The lowest BCUT2D eigenvalue weighted by Gasteiger charge is -1.96. The molecular weight excluding hydrogens is 134 g/mol. The van der Waals surface area contributed by atoms with Crippen molar-refractivity contribution in [1.29, 1.82) is 0 Å². The molecule has 1 aromatic rings. The van der Waals surface area contributed by atoms with Crippen LogP contribution >= 0.6 is 0 Å². The van der Waals surface area contributed by atoms with Crippen molar-refractivity contribution in [1.82, 2.24) is 0 Å². The second-order valence-electron chi connectivity index (χ2n) is 1.81. The number of hydrogen-bond donors (Lipinski definition) is 1. The molecule has 0 atom stereocenters. The minimum Gasteiger partial charge on any atom is -0.542 e. The summed E-state index contributed by atoms with van der Waals surface area (Å²) in [7, 11) is 0. The van der Waals surface area contributed by atoms with E-state index in [0.29, 0.717) is 12.1 Å². The molecule has 0 aliphatic rings. The first kappa shape index (κ1) is 6.82. The van der Waals surface area contributed by atoms with Gasteiger partial charge in [0.15, 0.2) is 5.76 Å². The summed E-state index contributed by atoms with van der Waals surface area (Å²) < 4.78 is 4.61. The van der Waals surface area contributed by atoms with Gasteiger partial charge in [0.1, 0.15) is 12.5 Å². The van der Waals surface area contributed by atoms with E-state index in [1.165, 1.54) is 6.26 Å². The monoisotopic (exact) mass is 141 g/mol. The molecule has 0 saturated carbocycles. The van der Waals surface area contributed by atoms with Gasteiger partial charge in [-0.05, 0) is 6.07 Å². The van der Waals surface area contributed by atoms with Crippen LogP contribution in [-0.4, -0.2) is 5.97 Å². The molecule has 0 aliphatic heterocycles. The molecule has 10 heavy (non-hydrogen) atoms. The van der Waals surface area contributed by atoms with Gasteiger partial charge < -0.3 is 20.1 Å². The summed E-state index contributed by atoms with van der Waals surface area (Å²) in [6.07, 6.45) is 1.31. The third kappa shape index (κ3) is 1.01. The Hall–Kier alpha value is -1.29. The summed E-state index contributed by atoms with van der Waals surface area (Å²) in [5.74, 6) is -1.40. The molecule has 54 valence electrons. The van der Waals surface area contributed by atoms with Crippen molar-refractivity contribution in [3.05, 3.63) is 23.7 Å². The van der Waals surface area contributed by atoms with Gasteiger partial charge in [-0.2, -0.15) is 0 Å². The van der Waals surface area contributed by atoms with E-state index in [4.69, 9.17) is 0 Å². The number of aromatic carboxylic acids is 1. The van der Waals surface area contributed by atoms with Crippen LogP contribution in [0.3, 0.4) is 0 Å². The van der Waals surface area contributed by atoms with Gasteiger partial charge in [0.25, 0.3) is 0 Å². The molecule has 0 aliphatic carbocycles. The topological polar surface area (TPSA) is 80.9 Å². The number of furan rings is 1. The van der Waals surface area contributed by atoms with Crippen molar-refractivity contribution in [2.45, 2.75) is 6.54 Å². The summed E-state index contributed by atoms with van der Waals surface area (Å²) in [4.78, 5) is 10.2. The molecule has 1 rings (SSSR count). The smallest absolute Gasteiger partial charge is 0.158 e. The van der Waals surface area contributed by atoms with E-state index < -0.39 is 5.97 Å². The Morgan fingerprint density at radius 2 is 2.50 bits per heavy atom. The maximum Gasteiger partial charge on any atom is 0.158 e. The minimum atomic E-state index is -1.29. The van der Waals surface area contributed by atoms with E-state index in [-0.39, 0.29) is 5.76 Å². The third-order valence-electron chi connectivity index (χ3n) is 1.20. The Bertz CT molecular complexity index is 241. The molecule has 3 N–H and O–H groups in total. The van der Waals surface area contributed by atoms with E-state index >= 15 is 0 Å². The van der Waals surface area contributed by atoms with Gasteiger partial charge in [-0.1, -0.05) is 0 Å². The van der Waals surface area contributed by atoms with Crippen molar-refractivity contribution in [3.63, 3.8) is 0 Å². The normalized spacial score (nSPS) is 9.70. The van der Waals surface area contributed by atoms with E-state index in [9.17, 15) is 9.90 Å². The zero-order valence-corrected chi connectivity index (χ0v) is 5.29. The summed E-state index contributed by atoms with van der Waals surface area (Å²) in [5.41, 5.74) is 4.09. The molecule has 1 aromatic heterocycles. The lowest BCUT2D eigenvalue weighted by molar-refractivity contribution is -0.386. The fourth-order valence-corrected chi connectivity index (χ4v) is 0.712. The zero-order chi connectivity index (χ0) is 7.56. The average molecular weight is 141 g/mol. The Morgan fingerprint density at radius 1 is 1.80 bits per heavy atom. The maximum absolute atomic E-state index is 10.2. The first-order chi connectivity index (χ1) is 4.75. The molecule has 4 nitrogen and oxygen atoms in total. The van der Waals surface area contributed by atoms with Crippen LogP contribution in [0.4, 0.5) is 0 Å². The molecule has 0 fully saturated rings. The van der Waals surface area contributed by atoms with Gasteiger partial charge in [0.05, 0.1) is 11.8 Å². The number of quaternary nitrogens is 1. The number of hydrogen-bond acceptors (Lipinski definition) is 3. The number of carboxylic acids is 1. The van der Waals surface area contributed by atoms with Crippen LogP contribution in [0, 0.1) is 0 Å². The molecule has 4 heteroatoms. The second kappa shape index (κ2) is 2.53. The van der Waals surface area contributed by atoms with Gasteiger partial charge in [-0.3, -0.25) is 0 Å². The molecule has 0 saturated heterocycles. The Labute approximate surface area is 57.3 Å². The Balaban J connectivity index is 3.01. The first-order valence-corrected chi connectivity index (χ1v) is 2.82. The van der Waals surface area contributed by atoms with Crippen LogP contribution in [0.5, 0.6) is 0 Å². The summed E-state index contributed by atoms with van der Waals surface area (Å²) >= 11 is 0. The predicted molar refractivity (Wildman–Crippen MR) is 29.6 cm³/mol. The Morgan fingerprint density at radius 3 is 2.90 bits per heavy atom. The second-order valence-corrected chi connectivity index (χ2v) is 1.81. The van der Waals surface area contributed by atoms with Gasteiger partial charge in [-0.15, -0.1) is 0 Å². The highest BCUT2D eigenvalue weighted by molar-refractivity contribution is 5.84. The minimum absolute atomic E-state index is 0.116. The molecule has 0 unspecified atom stereocenters. The molecule has 0 amide bonds. The molecule has 0 aromatic carbocycles. The fourth-order valence-electron chi connectivity index (χ4n) is 0.712. The number of carboxylic acid groups (broad SMARTS) is 1. The summed E-state index contributed by atoms with van der Waals surface area (Å²) in [6.45, 7) is 0.403. The maximum atomic E-state index is 10.2. The number of carbonyl (C=O) groups excluding carboxylic acids is 1. The summed E-state index contributed by atoms with van der Waals surface area (Å²) in [5, 5.41) is 10.2. The number of rotatable bonds is 2. The van der Waals surface area contributed by atoms with E-state index in [1.807, 2.05) is 0 Å². The average Bonchev–Trinajstić information content (AvgIpc) is 2.33. The van der Waals surface area contributed by atoms with Crippen LogP contribution in [0.25, 0.3) is 0 Å². The highest BCUT2D eigenvalue weighted by Crippen LogP contribution is 2.06. The van der Waals surface area contributed by atoms with Gasteiger partial charge in [0, 0.05) is 0 Å². The van der Waals surface area contributed by atoms with Crippen LogP contribution in [0.15, 0.2) is 16.7 Å². The van der Waals surface area contributed by atoms with E-state index in [0.717, 1.165) is 0 Å². The lowest BCUT2D eigenvalue weighted by atomic mass is 10.2. The molecule has 0 spiro atoms. The Kier molecular flexibility index (Phi) is 1.73. The first-order valence-electron chi connectivity index (χ1n) is 2.82. The third-order valence-corrected chi connectivity index (χ3v) is 1.20. The van der Waals surface area contributed by atoms with E-state index in [2.05, 4.69) is 10.2 Å².